The molecule has 1 N–H and O–H groups in total. The fraction of sp³-hybridized carbons (Fsp3) is 0.120. The first-order valence-corrected chi connectivity index (χ1v) is 10.1. The zero-order valence-electron chi connectivity index (χ0n) is 17.4. The van der Waals surface area contributed by atoms with Crippen LogP contribution in [0.3, 0.4) is 0 Å². The Morgan fingerprint density at radius 2 is 1.69 bits per heavy atom. The van der Waals surface area contributed by atoms with Crippen molar-refractivity contribution in [3.05, 3.63) is 88.9 Å². The fourth-order valence-electron chi connectivity index (χ4n) is 3.96. The molecule has 0 saturated heterocycles. The van der Waals surface area contributed by atoms with Gasteiger partial charge in [-0.15, -0.1) is 0 Å². The number of imide groups is 1. The normalized spacial score (nSPS) is 15.0. The third kappa shape index (κ3) is 3.19. The molecule has 32 heavy (non-hydrogen) atoms. The number of amides is 2. The van der Waals surface area contributed by atoms with Gasteiger partial charge in [0.2, 0.25) is 6.79 Å². The number of nitrogens with one attached hydrogen (secondary N) is 1. The highest BCUT2D eigenvalue weighted by Crippen LogP contribution is 2.38. The third-order valence-corrected chi connectivity index (χ3v) is 5.47. The van der Waals surface area contributed by atoms with Crippen molar-refractivity contribution < 1.29 is 23.5 Å². The Hall–Kier alpha value is -4.13. The van der Waals surface area contributed by atoms with Crippen molar-refractivity contribution >= 4 is 28.8 Å². The van der Waals surface area contributed by atoms with Gasteiger partial charge in [-0.1, -0.05) is 35.9 Å². The molecule has 5 rings (SSSR count). The van der Waals surface area contributed by atoms with Gasteiger partial charge in [-0.3, -0.25) is 9.59 Å². The standard InChI is InChI=1S/C25H19FN2O4/c1-14-7-9-17(15(2)11-14)22-23(27-16-8-10-20-21(12-16)32-13-31-20)25(30)28(24(22)29)19-6-4-3-5-18(19)26/h3-12,27H,13H2,1-2H3. The van der Waals surface area contributed by atoms with E-state index >= 15 is 0 Å². The van der Waals surface area contributed by atoms with Crippen LogP contribution < -0.4 is 19.7 Å². The number of benzene rings is 3. The first-order valence-electron chi connectivity index (χ1n) is 10.1. The highest BCUT2D eigenvalue weighted by molar-refractivity contribution is 6.46. The van der Waals surface area contributed by atoms with Crippen LogP contribution >= 0.6 is 0 Å². The Labute approximate surface area is 183 Å². The fourth-order valence-corrected chi connectivity index (χ4v) is 3.96. The molecular weight excluding hydrogens is 411 g/mol. The van der Waals surface area contributed by atoms with Gasteiger partial charge < -0.3 is 14.8 Å². The Bertz CT molecular complexity index is 1320. The summed E-state index contributed by atoms with van der Waals surface area (Å²) in [7, 11) is 0. The molecule has 0 aromatic heterocycles. The number of aryl methyl sites for hydroxylation is 2. The second-order valence-electron chi connectivity index (χ2n) is 7.66. The number of nitrogens with zero attached hydrogens (tertiary/aromatic N) is 1. The first-order chi connectivity index (χ1) is 15.4. The predicted octanol–water partition coefficient (Wildman–Crippen LogP) is 4.57. The third-order valence-electron chi connectivity index (χ3n) is 5.47. The van der Waals surface area contributed by atoms with Crippen molar-refractivity contribution in [2.75, 3.05) is 17.0 Å². The highest BCUT2D eigenvalue weighted by Gasteiger charge is 2.41. The zero-order chi connectivity index (χ0) is 22.4. The van der Waals surface area contributed by atoms with Gasteiger partial charge in [0.05, 0.1) is 11.3 Å². The van der Waals surface area contributed by atoms with E-state index in [2.05, 4.69) is 5.32 Å². The second kappa shape index (κ2) is 7.53. The van der Waals surface area contributed by atoms with Crippen LogP contribution in [-0.2, 0) is 9.59 Å². The van der Waals surface area contributed by atoms with Gasteiger partial charge in [0.1, 0.15) is 11.5 Å². The number of carbonyl (C=O) groups is 2. The average molecular weight is 430 g/mol. The first kappa shape index (κ1) is 19.8. The van der Waals surface area contributed by atoms with Gasteiger partial charge in [-0.05, 0) is 49.2 Å². The van der Waals surface area contributed by atoms with Crippen molar-refractivity contribution in [1.82, 2.24) is 0 Å². The number of para-hydroxylation sites is 1. The molecule has 0 saturated carbocycles. The smallest absolute Gasteiger partial charge is 0.282 e. The number of ether oxygens (including phenoxy) is 2. The quantitative estimate of drug-likeness (QED) is 0.615. The lowest BCUT2D eigenvalue weighted by Gasteiger charge is -2.16. The number of fused-ring (bicyclic) bond motifs is 1. The van der Waals surface area contributed by atoms with Crippen LogP contribution in [0.1, 0.15) is 16.7 Å². The van der Waals surface area contributed by atoms with Gasteiger partial charge in [0.15, 0.2) is 11.5 Å². The van der Waals surface area contributed by atoms with E-state index in [0.29, 0.717) is 22.7 Å². The zero-order valence-corrected chi connectivity index (χ0v) is 17.4. The monoisotopic (exact) mass is 430 g/mol. The largest absolute Gasteiger partial charge is 0.454 e. The molecule has 7 heteroatoms. The number of halogens is 1. The molecule has 0 aliphatic carbocycles. The number of hydrogen-bond acceptors (Lipinski definition) is 5. The van der Waals surface area contributed by atoms with E-state index in [0.717, 1.165) is 16.0 Å². The Morgan fingerprint density at radius 1 is 0.906 bits per heavy atom. The van der Waals surface area contributed by atoms with Crippen LogP contribution in [0.5, 0.6) is 11.5 Å². The summed E-state index contributed by atoms with van der Waals surface area (Å²) in [5.41, 5.74) is 3.19. The number of carbonyl (C=O) groups excluding carboxylic acids is 2. The maximum atomic E-state index is 14.5. The van der Waals surface area contributed by atoms with Gasteiger partial charge in [0, 0.05) is 11.8 Å². The van der Waals surface area contributed by atoms with Crippen molar-refractivity contribution in [3.63, 3.8) is 0 Å². The van der Waals surface area contributed by atoms with E-state index in [9.17, 15) is 14.0 Å². The van der Waals surface area contributed by atoms with E-state index in [1.807, 2.05) is 26.0 Å². The molecule has 0 atom stereocenters. The summed E-state index contributed by atoms with van der Waals surface area (Å²) in [5.74, 6) is -0.742. The van der Waals surface area contributed by atoms with E-state index in [-0.39, 0.29) is 23.8 Å². The number of rotatable bonds is 4. The van der Waals surface area contributed by atoms with Gasteiger partial charge >= 0.3 is 0 Å². The average Bonchev–Trinajstić information content (AvgIpc) is 3.32. The molecule has 2 amide bonds. The summed E-state index contributed by atoms with van der Waals surface area (Å²) in [6.07, 6.45) is 0. The summed E-state index contributed by atoms with van der Waals surface area (Å²) < 4.78 is 25.3. The lowest BCUT2D eigenvalue weighted by molar-refractivity contribution is -0.120. The van der Waals surface area contributed by atoms with Crippen LogP contribution in [0.15, 0.2) is 66.4 Å². The molecule has 0 fully saturated rings. The van der Waals surface area contributed by atoms with Crippen LogP contribution in [0.2, 0.25) is 0 Å². The molecular formula is C25H19FN2O4. The van der Waals surface area contributed by atoms with Crippen LogP contribution in [0.4, 0.5) is 15.8 Å². The highest BCUT2D eigenvalue weighted by atomic mass is 19.1. The molecule has 3 aromatic rings. The minimum Gasteiger partial charge on any atom is -0.454 e. The molecule has 2 heterocycles. The van der Waals surface area contributed by atoms with Gasteiger partial charge in [-0.25, -0.2) is 9.29 Å². The van der Waals surface area contributed by atoms with Crippen LogP contribution in [0.25, 0.3) is 5.57 Å². The van der Waals surface area contributed by atoms with E-state index in [1.54, 1.807) is 30.3 Å². The van der Waals surface area contributed by atoms with Crippen LogP contribution in [-0.4, -0.2) is 18.6 Å². The molecule has 160 valence electrons. The maximum absolute atomic E-state index is 14.5. The molecule has 0 spiro atoms. The Morgan fingerprint density at radius 3 is 2.47 bits per heavy atom. The summed E-state index contributed by atoms with van der Waals surface area (Å²) >= 11 is 0. The van der Waals surface area contributed by atoms with Crippen molar-refractivity contribution in [1.29, 1.82) is 0 Å². The summed E-state index contributed by atoms with van der Waals surface area (Å²) in [6, 6.07) is 16.5. The molecule has 6 nitrogen and oxygen atoms in total. The minimum absolute atomic E-state index is 0.0732. The molecule has 0 radical (unpaired) electrons. The van der Waals surface area contributed by atoms with Crippen molar-refractivity contribution in [2.45, 2.75) is 13.8 Å². The lowest BCUT2D eigenvalue weighted by atomic mass is 9.97. The van der Waals surface area contributed by atoms with Gasteiger partial charge in [-0.2, -0.15) is 0 Å². The van der Waals surface area contributed by atoms with E-state index < -0.39 is 17.6 Å². The minimum atomic E-state index is -0.654. The predicted molar refractivity (Wildman–Crippen MR) is 118 cm³/mol. The number of anilines is 2. The summed E-state index contributed by atoms with van der Waals surface area (Å²) in [4.78, 5) is 27.8. The maximum Gasteiger partial charge on any atom is 0.282 e. The topological polar surface area (TPSA) is 67.9 Å². The summed E-state index contributed by atoms with van der Waals surface area (Å²) in [5, 5.41) is 3.07. The van der Waals surface area contributed by atoms with Crippen LogP contribution in [0, 0.1) is 19.7 Å². The molecule has 2 aliphatic rings. The van der Waals surface area contributed by atoms with E-state index in [1.165, 1.54) is 18.2 Å². The molecule has 0 unspecified atom stereocenters. The second-order valence-corrected chi connectivity index (χ2v) is 7.66. The number of hydrogen-bond donors (Lipinski definition) is 1. The van der Waals surface area contributed by atoms with E-state index in [4.69, 9.17) is 9.47 Å². The molecule has 3 aromatic carbocycles. The Balaban J connectivity index is 1.64. The summed E-state index contributed by atoms with van der Waals surface area (Å²) in [6.45, 7) is 3.94. The molecule has 2 aliphatic heterocycles. The van der Waals surface area contributed by atoms with Crippen molar-refractivity contribution in [3.8, 4) is 11.5 Å². The lowest BCUT2D eigenvalue weighted by Crippen LogP contribution is -2.33. The van der Waals surface area contributed by atoms with Crippen molar-refractivity contribution in [2.24, 2.45) is 0 Å². The SMILES string of the molecule is Cc1ccc(C2=C(Nc3ccc4c(c3)OCO4)C(=O)N(c3ccccc3F)C2=O)c(C)c1. The van der Waals surface area contributed by atoms with Gasteiger partial charge in [0.25, 0.3) is 11.8 Å². The molecule has 0 bridgehead atoms. The Kier molecular flexibility index (Phi) is 4.66.